The van der Waals surface area contributed by atoms with Gasteiger partial charge in [0.2, 0.25) is 5.95 Å². The summed E-state index contributed by atoms with van der Waals surface area (Å²) in [6, 6.07) is 1.88. The zero-order valence-electron chi connectivity index (χ0n) is 11.4. The Morgan fingerprint density at radius 1 is 1.33 bits per heavy atom. The second-order valence-corrected chi connectivity index (χ2v) is 5.02. The molecule has 1 atom stereocenters. The first-order chi connectivity index (χ1) is 8.38. The summed E-state index contributed by atoms with van der Waals surface area (Å²) in [4.78, 5) is 19.6. The second kappa shape index (κ2) is 6.33. The van der Waals surface area contributed by atoms with Crippen molar-refractivity contribution in [1.82, 2.24) is 9.97 Å². The van der Waals surface area contributed by atoms with Crippen LogP contribution in [-0.4, -0.2) is 27.6 Å². The zero-order valence-corrected chi connectivity index (χ0v) is 11.4. The van der Waals surface area contributed by atoms with Crippen LogP contribution >= 0.6 is 0 Å². The summed E-state index contributed by atoms with van der Waals surface area (Å²) in [6.07, 6.45) is 0.646. The standard InChI is InChI=1S/C13H21N3O2/c1-8(2)5-11(12(17)18)7-14-13-15-9(3)6-10(4)16-13/h6,8,11H,5,7H2,1-4H3,(H,17,18)(H,14,15,16). The number of rotatable bonds is 6. The van der Waals surface area contributed by atoms with Gasteiger partial charge in [-0.2, -0.15) is 0 Å². The average molecular weight is 251 g/mol. The van der Waals surface area contributed by atoms with Gasteiger partial charge in [-0.3, -0.25) is 4.79 Å². The molecule has 5 nitrogen and oxygen atoms in total. The van der Waals surface area contributed by atoms with E-state index in [2.05, 4.69) is 15.3 Å². The molecule has 0 aliphatic rings. The highest BCUT2D eigenvalue weighted by molar-refractivity contribution is 5.70. The Bertz CT molecular complexity index is 398. The summed E-state index contributed by atoms with van der Waals surface area (Å²) >= 11 is 0. The van der Waals surface area contributed by atoms with Gasteiger partial charge in [0.1, 0.15) is 0 Å². The quantitative estimate of drug-likeness (QED) is 0.811. The smallest absolute Gasteiger partial charge is 0.308 e. The lowest BCUT2D eigenvalue weighted by Gasteiger charge is -2.15. The number of anilines is 1. The molecule has 1 heterocycles. The maximum absolute atomic E-state index is 11.1. The van der Waals surface area contributed by atoms with E-state index < -0.39 is 11.9 Å². The fourth-order valence-electron chi connectivity index (χ4n) is 1.86. The highest BCUT2D eigenvalue weighted by Gasteiger charge is 2.19. The van der Waals surface area contributed by atoms with Crippen LogP contribution in [0.25, 0.3) is 0 Å². The predicted molar refractivity (Wildman–Crippen MR) is 70.6 cm³/mol. The normalized spacial score (nSPS) is 12.5. The second-order valence-electron chi connectivity index (χ2n) is 5.02. The number of aromatic nitrogens is 2. The molecule has 1 unspecified atom stereocenters. The van der Waals surface area contributed by atoms with Gasteiger partial charge in [0, 0.05) is 17.9 Å². The third kappa shape index (κ3) is 4.69. The minimum atomic E-state index is -0.777. The molecule has 100 valence electrons. The first kappa shape index (κ1) is 14.4. The topological polar surface area (TPSA) is 75.1 Å². The van der Waals surface area contributed by atoms with E-state index in [1.54, 1.807) is 0 Å². The van der Waals surface area contributed by atoms with Crippen molar-refractivity contribution < 1.29 is 9.90 Å². The first-order valence-electron chi connectivity index (χ1n) is 6.17. The molecule has 18 heavy (non-hydrogen) atoms. The Morgan fingerprint density at radius 2 is 1.89 bits per heavy atom. The molecule has 0 aliphatic carbocycles. The largest absolute Gasteiger partial charge is 0.481 e. The van der Waals surface area contributed by atoms with E-state index in [-0.39, 0.29) is 0 Å². The summed E-state index contributed by atoms with van der Waals surface area (Å²) in [5.74, 6) is -0.328. The molecule has 1 rings (SSSR count). The van der Waals surface area contributed by atoms with Crippen molar-refractivity contribution in [3.05, 3.63) is 17.5 Å². The molecule has 0 bridgehead atoms. The Morgan fingerprint density at radius 3 is 2.33 bits per heavy atom. The van der Waals surface area contributed by atoms with Crippen molar-refractivity contribution in [2.75, 3.05) is 11.9 Å². The molecule has 0 amide bonds. The molecular weight excluding hydrogens is 230 g/mol. The van der Waals surface area contributed by atoms with Crippen molar-refractivity contribution in [3.63, 3.8) is 0 Å². The predicted octanol–water partition coefficient (Wildman–Crippen LogP) is 2.25. The third-order valence-corrected chi connectivity index (χ3v) is 2.59. The van der Waals surface area contributed by atoms with Crippen LogP contribution in [0.15, 0.2) is 6.07 Å². The average Bonchev–Trinajstić information content (AvgIpc) is 2.21. The molecule has 1 aromatic heterocycles. The zero-order chi connectivity index (χ0) is 13.7. The molecule has 0 saturated heterocycles. The Kier molecular flexibility index (Phi) is 5.07. The van der Waals surface area contributed by atoms with Crippen molar-refractivity contribution in [3.8, 4) is 0 Å². The van der Waals surface area contributed by atoms with Gasteiger partial charge < -0.3 is 10.4 Å². The van der Waals surface area contributed by atoms with E-state index >= 15 is 0 Å². The number of carboxylic acids is 1. The highest BCUT2D eigenvalue weighted by Crippen LogP contribution is 2.13. The molecule has 0 spiro atoms. The minimum Gasteiger partial charge on any atom is -0.481 e. The Hall–Kier alpha value is -1.65. The number of aliphatic carboxylic acids is 1. The van der Waals surface area contributed by atoms with E-state index in [9.17, 15) is 4.79 Å². The van der Waals surface area contributed by atoms with Gasteiger partial charge in [-0.1, -0.05) is 13.8 Å². The number of aryl methyl sites for hydroxylation is 2. The van der Waals surface area contributed by atoms with Gasteiger partial charge in [-0.05, 0) is 32.3 Å². The van der Waals surface area contributed by atoms with Crippen molar-refractivity contribution >= 4 is 11.9 Å². The Balaban J connectivity index is 2.63. The summed E-state index contributed by atoms with van der Waals surface area (Å²) in [5, 5.41) is 12.1. The maximum Gasteiger partial charge on any atom is 0.308 e. The van der Waals surface area contributed by atoms with Gasteiger partial charge in [0.15, 0.2) is 0 Å². The lowest BCUT2D eigenvalue weighted by atomic mass is 9.97. The summed E-state index contributed by atoms with van der Waals surface area (Å²) in [6.45, 7) is 8.17. The number of nitrogens with zero attached hydrogens (tertiary/aromatic N) is 2. The monoisotopic (exact) mass is 251 g/mol. The van der Waals surface area contributed by atoms with E-state index in [0.29, 0.717) is 24.8 Å². The fourth-order valence-corrected chi connectivity index (χ4v) is 1.86. The van der Waals surface area contributed by atoms with Crippen LogP contribution in [0.3, 0.4) is 0 Å². The number of carboxylic acid groups (broad SMARTS) is 1. The van der Waals surface area contributed by atoms with Gasteiger partial charge >= 0.3 is 5.97 Å². The van der Waals surface area contributed by atoms with Gasteiger partial charge in [-0.15, -0.1) is 0 Å². The molecule has 1 aromatic rings. The molecule has 2 N–H and O–H groups in total. The van der Waals surface area contributed by atoms with E-state index in [1.807, 2.05) is 33.8 Å². The van der Waals surface area contributed by atoms with Gasteiger partial charge in [0.05, 0.1) is 5.92 Å². The SMILES string of the molecule is Cc1cc(C)nc(NCC(CC(C)C)C(=O)O)n1. The number of hydrogen-bond donors (Lipinski definition) is 2. The van der Waals surface area contributed by atoms with Crippen LogP contribution in [0.2, 0.25) is 0 Å². The van der Waals surface area contributed by atoms with Gasteiger partial charge in [-0.25, -0.2) is 9.97 Å². The molecule has 0 radical (unpaired) electrons. The molecular formula is C13H21N3O2. The molecule has 0 aromatic carbocycles. The lowest BCUT2D eigenvalue weighted by Crippen LogP contribution is -2.25. The van der Waals surface area contributed by atoms with Crippen molar-refractivity contribution in [2.45, 2.75) is 34.1 Å². The van der Waals surface area contributed by atoms with Crippen LogP contribution in [-0.2, 0) is 4.79 Å². The van der Waals surface area contributed by atoms with Crippen molar-refractivity contribution in [1.29, 1.82) is 0 Å². The lowest BCUT2D eigenvalue weighted by molar-refractivity contribution is -0.141. The fraction of sp³-hybridized carbons (Fsp3) is 0.615. The van der Waals surface area contributed by atoms with Crippen LogP contribution in [0.5, 0.6) is 0 Å². The molecule has 0 fully saturated rings. The number of carbonyl (C=O) groups is 1. The van der Waals surface area contributed by atoms with E-state index in [0.717, 1.165) is 11.4 Å². The minimum absolute atomic E-state index is 0.355. The summed E-state index contributed by atoms with van der Waals surface area (Å²) < 4.78 is 0. The first-order valence-corrected chi connectivity index (χ1v) is 6.17. The van der Waals surface area contributed by atoms with Crippen molar-refractivity contribution in [2.24, 2.45) is 11.8 Å². The van der Waals surface area contributed by atoms with E-state index in [4.69, 9.17) is 5.11 Å². The Labute approximate surface area is 108 Å². The number of nitrogens with one attached hydrogen (secondary N) is 1. The summed E-state index contributed by atoms with van der Waals surface area (Å²) in [7, 11) is 0. The van der Waals surface area contributed by atoms with Crippen LogP contribution in [0, 0.1) is 25.7 Å². The highest BCUT2D eigenvalue weighted by atomic mass is 16.4. The number of hydrogen-bond acceptors (Lipinski definition) is 4. The third-order valence-electron chi connectivity index (χ3n) is 2.59. The molecule has 0 aliphatic heterocycles. The van der Waals surface area contributed by atoms with Gasteiger partial charge in [0.25, 0.3) is 0 Å². The molecule has 0 saturated carbocycles. The van der Waals surface area contributed by atoms with Crippen LogP contribution in [0.4, 0.5) is 5.95 Å². The summed E-state index contributed by atoms with van der Waals surface area (Å²) in [5.41, 5.74) is 1.75. The van der Waals surface area contributed by atoms with Crippen LogP contribution < -0.4 is 5.32 Å². The van der Waals surface area contributed by atoms with Crippen LogP contribution in [0.1, 0.15) is 31.7 Å². The van der Waals surface area contributed by atoms with E-state index in [1.165, 1.54) is 0 Å². The maximum atomic E-state index is 11.1. The molecule has 5 heteroatoms.